The fourth-order valence-corrected chi connectivity index (χ4v) is 3.93. The third-order valence-electron chi connectivity index (χ3n) is 4.63. The number of aromatic nitrogens is 3. The number of carbonyl (C=O) groups excluding carboxylic acids is 1. The van der Waals surface area contributed by atoms with E-state index in [0.717, 1.165) is 17.0 Å². The first-order chi connectivity index (χ1) is 14.8. The highest BCUT2D eigenvalue weighted by atomic mass is 35.5. The van der Waals surface area contributed by atoms with Gasteiger partial charge in [0, 0.05) is 17.1 Å². The van der Waals surface area contributed by atoms with Crippen molar-refractivity contribution in [3.8, 4) is 11.4 Å². The maximum atomic E-state index is 12.2. The number of hydrogen-bond acceptors (Lipinski definition) is 5. The third kappa shape index (κ3) is 6.18. The van der Waals surface area contributed by atoms with Crippen LogP contribution in [0.3, 0.4) is 0 Å². The fourth-order valence-electron chi connectivity index (χ4n) is 2.94. The van der Waals surface area contributed by atoms with Gasteiger partial charge >= 0.3 is 0 Å². The Hall–Kier alpha value is -2.64. The Morgan fingerprint density at radius 2 is 1.94 bits per heavy atom. The largest absolute Gasteiger partial charge is 0.302 e. The topological polar surface area (TPSA) is 72.2 Å². The molecule has 8 heteroatoms. The van der Waals surface area contributed by atoms with Crippen LogP contribution < -0.4 is 5.43 Å². The van der Waals surface area contributed by atoms with E-state index in [9.17, 15) is 4.79 Å². The number of rotatable bonds is 7. The molecule has 1 amide bonds. The van der Waals surface area contributed by atoms with Gasteiger partial charge in [-0.2, -0.15) is 5.10 Å². The van der Waals surface area contributed by atoms with Crippen LogP contribution in [0.2, 0.25) is 5.02 Å². The second kappa shape index (κ2) is 10.1. The van der Waals surface area contributed by atoms with E-state index in [0.29, 0.717) is 16.7 Å². The fraction of sp³-hybridized carbons (Fsp3) is 0.304. The van der Waals surface area contributed by atoms with Crippen LogP contribution in [0.4, 0.5) is 0 Å². The van der Waals surface area contributed by atoms with Crippen molar-refractivity contribution in [2.24, 2.45) is 5.10 Å². The van der Waals surface area contributed by atoms with Crippen LogP contribution in [0.5, 0.6) is 0 Å². The monoisotopic (exact) mass is 455 g/mol. The molecule has 0 saturated carbocycles. The van der Waals surface area contributed by atoms with Gasteiger partial charge < -0.3 is 4.57 Å². The molecule has 0 fully saturated rings. The molecule has 1 heterocycles. The Morgan fingerprint density at radius 3 is 2.58 bits per heavy atom. The molecule has 3 rings (SSSR count). The highest BCUT2D eigenvalue weighted by molar-refractivity contribution is 7.99. The van der Waals surface area contributed by atoms with Crippen molar-refractivity contribution in [1.29, 1.82) is 0 Å². The predicted octanol–water partition coefficient (Wildman–Crippen LogP) is 5.16. The molecule has 1 N–H and O–H groups in total. The summed E-state index contributed by atoms with van der Waals surface area (Å²) in [6.07, 6.45) is 1.56. The summed E-state index contributed by atoms with van der Waals surface area (Å²) in [6, 6.07) is 15.6. The molecule has 31 heavy (non-hydrogen) atoms. The van der Waals surface area contributed by atoms with Crippen molar-refractivity contribution < 1.29 is 4.79 Å². The van der Waals surface area contributed by atoms with E-state index in [1.807, 2.05) is 23.6 Å². The van der Waals surface area contributed by atoms with Crippen molar-refractivity contribution in [3.63, 3.8) is 0 Å². The number of nitrogens with one attached hydrogen (secondary N) is 1. The summed E-state index contributed by atoms with van der Waals surface area (Å²) in [7, 11) is 0. The lowest BCUT2D eigenvalue weighted by Gasteiger charge is -2.19. The van der Waals surface area contributed by atoms with E-state index in [-0.39, 0.29) is 17.1 Å². The van der Waals surface area contributed by atoms with Crippen LogP contribution >= 0.6 is 23.4 Å². The number of hydrazone groups is 1. The number of halogens is 1. The average molecular weight is 456 g/mol. The van der Waals surface area contributed by atoms with Gasteiger partial charge in [0.25, 0.3) is 5.91 Å². The molecule has 3 aromatic rings. The van der Waals surface area contributed by atoms with E-state index < -0.39 is 0 Å². The van der Waals surface area contributed by atoms with E-state index >= 15 is 0 Å². The Kier molecular flexibility index (Phi) is 7.51. The first-order valence-electron chi connectivity index (χ1n) is 10.0. The summed E-state index contributed by atoms with van der Waals surface area (Å²) >= 11 is 7.27. The minimum absolute atomic E-state index is 0.0978. The summed E-state index contributed by atoms with van der Waals surface area (Å²) in [5.74, 6) is 0.767. The second-order valence-corrected chi connectivity index (χ2v) is 9.39. The van der Waals surface area contributed by atoms with E-state index in [1.54, 1.807) is 18.3 Å². The average Bonchev–Trinajstić information content (AvgIpc) is 3.15. The number of nitrogens with zero attached hydrogens (tertiary/aromatic N) is 4. The van der Waals surface area contributed by atoms with Gasteiger partial charge in [0.2, 0.25) is 0 Å². The van der Waals surface area contributed by atoms with E-state index in [4.69, 9.17) is 11.6 Å². The molecule has 0 saturated heterocycles. The highest BCUT2D eigenvalue weighted by Gasteiger charge is 2.17. The van der Waals surface area contributed by atoms with Gasteiger partial charge in [0.1, 0.15) is 0 Å². The normalized spacial score (nSPS) is 11.8. The van der Waals surface area contributed by atoms with Crippen LogP contribution in [-0.4, -0.2) is 32.6 Å². The van der Waals surface area contributed by atoms with Gasteiger partial charge in [0.15, 0.2) is 11.0 Å². The predicted molar refractivity (Wildman–Crippen MR) is 128 cm³/mol. The zero-order chi connectivity index (χ0) is 22.4. The van der Waals surface area contributed by atoms with Gasteiger partial charge in [-0.25, -0.2) is 5.43 Å². The molecule has 0 spiro atoms. The zero-order valence-corrected chi connectivity index (χ0v) is 19.7. The van der Waals surface area contributed by atoms with Crippen LogP contribution in [0.1, 0.15) is 38.8 Å². The molecule has 0 aliphatic carbocycles. The van der Waals surface area contributed by atoms with Crippen molar-refractivity contribution in [2.45, 2.75) is 44.8 Å². The Bertz CT molecular complexity index is 1070. The molecule has 0 bridgehead atoms. The molecular weight excluding hydrogens is 430 g/mol. The maximum Gasteiger partial charge on any atom is 0.250 e. The minimum Gasteiger partial charge on any atom is -0.302 e. The van der Waals surface area contributed by atoms with Crippen LogP contribution in [0.25, 0.3) is 11.4 Å². The lowest BCUT2D eigenvalue weighted by Crippen LogP contribution is -2.20. The molecule has 0 unspecified atom stereocenters. The summed E-state index contributed by atoms with van der Waals surface area (Å²) in [5.41, 5.74) is 5.71. The number of benzene rings is 2. The van der Waals surface area contributed by atoms with Gasteiger partial charge in [-0.3, -0.25) is 4.79 Å². The molecule has 6 nitrogen and oxygen atoms in total. The van der Waals surface area contributed by atoms with Crippen molar-refractivity contribution in [3.05, 3.63) is 64.7 Å². The second-order valence-electron chi connectivity index (χ2n) is 8.01. The molecule has 0 atom stereocenters. The number of hydrogen-bond donors (Lipinski definition) is 1. The molecule has 1 aromatic heterocycles. The number of carbonyl (C=O) groups is 1. The van der Waals surface area contributed by atoms with Gasteiger partial charge in [0.05, 0.1) is 12.0 Å². The molecule has 0 radical (unpaired) electrons. The third-order valence-corrected chi connectivity index (χ3v) is 5.83. The Labute approximate surface area is 192 Å². The smallest absolute Gasteiger partial charge is 0.250 e. The lowest BCUT2D eigenvalue weighted by molar-refractivity contribution is -0.118. The first kappa shape index (κ1) is 23.0. The molecule has 0 aliphatic heterocycles. The SMILES string of the molecule is CCn1c(SCC(=O)N/N=C\c2cccc(Cl)c2)nnc1-c1ccc(C(C)(C)C)cc1. The summed E-state index contributed by atoms with van der Waals surface area (Å²) in [6.45, 7) is 9.32. The molecule has 2 aromatic carbocycles. The highest BCUT2D eigenvalue weighted by Crippen LogP contribution is 2.27. The van der Waals surface area contributed by atoms with Crippen LogP contribution in [0, 0.1) is 0 Å². The summed E-state index contributed by atoms with van der Waals surface area (Å²) in [5, 5.41) is 13.9. The number of amides is 1. The molecular formula is C23H26ClN5OS. The van der Waals surface area contributed by atoms with Crippen LogP contribution in [0.15, 0.2) is 58.8 Å². The van der Waals surface area contributed by atoms with Gasteiger partial charge in [-0.05, 0) is 35.6 Å². The van der Waals surface area contributed by atoms with Gasteiger partial charge in [-0.1, -0.05) is 80.5 Å². The Morgan fingerprint density at radius 1 is 1.19 bits per heavy atom. The quantitative estimate of drug-likeness (QED) is 0.303. The maximum absolute atomic E-state index is 12.2. The van der Waals surface area contributed by atoms with Crippen molar-refractivity contribution in [2.75, 3.05) is 5.75 Å². The zero-order valence-electron chi connectivity index (χ0n) is 18.1. The molecule has 0 aliphatic rings. The number of thioether (sulfide) groups is 1. The summed E-state index contributed by atoms with van der Waals surface area (Å²) in [4.78, 5) is 12.2. The van der Waals surface area contributed by atoms with Gasteiger partial charge in [-0.15, -0.1) is 10.2 Å². The van der Waals surface area contributed by atoms with Crippen molar-refractivity contribution >= 4 is 35.5 Å². The first-order valence-corrected chi connectivity index (χ1v) is 11.4. The summed E-state index contributed by atoms with van der Waals surface area (Å²) < 4.78 is 2.01. The minimum atomic E-state index is -0.218. The van der Waals surface area contributed by atoms with E-state index in [2.05, 4.69) is 65.8 Å². The molecule has 162 valence electrons. The lowest BCUT2D eigenvalue weighted by atomic mass is 9.87. The standard InChI is InChI=1S/C23H26ClN5OS/c1-5-29-21(17-9-11-18(12-10-17)23(2,3)4)27-28-22(29)31-15-20(30)26-25-14-16-7-6-8-19(24)13-16/h6-14H,5,15H2,1-4H3,(H,26,30)/b25-14-. The van der Waals surface area contributed by atoms with Crippen molar-refractivity contribution in [1.82, 2.24) is 20.2 Å². The van der Waals surface area contributed by atoms with Crippen LogP contribution in [-0.2, 0) is 16.8 Å². The Balaban J connectivity index is 1.62. The van der Waals surface area contributed by atoms with E-state index in [1.165, 1.54) is 17.3 Å².